The average molecular weight is 350 g/mol. The molecule has 0 bridgehead atoms. The van der Waals surface area contributed by atoms with E-state index in [4.69, 9.17) is 11.6 Å². The van der Waals surface area contributed by atoms with Crippen LogP contribution in [0.1, 0.15) is 18.5 Å². The minimum atomic E-state index is 0.166. The van der Waals surface area contributed by atoms with Gasteiger partial charge in [-0.25, -0.2) is 4.98 Å². The standard InChI is InChI=1S/C17H20ClN3OS/c1-19-10-13-5-4-8-21(13)16(22)9-12-11-23-17(20-12)14-6-2-3-7-15(14)18/h2-3,6-7,11,13,19H,4-5,8-10H2,1H3/t13-/m0/s1. The van der Waals surface area contributed by atoms with Gasteiger partial charge in [0.05, 0.1) is 17.1 Å². The number of nitrogens with zero attached hydrogens (tertiary/aromatic N) is 2. The van der Waals surface area contributed by atoms with Crippen molar-refractivity contribution in [2.75, 3.05) is 20.1 Å². The lowest BCUT2D eigenvalue weighted by Gasteiger charge is -2.24. The molecule has 1 aromatic carbocycles. The van der Waals surface area contributed by atoms with Crippen LogP contribution < -0.4 is 5.32 Å². The van der Waals surface area contributed by atoms with E-state index >= 15 is 0 Å². The molecule has 3 rings (SSSR count). The van der Waals surface area contributed by atoms with Crippen molar-refractivity contribution >= 4 is 28.8 Å². The predicted molar refractivity (Wildman–Crippen MR) is 94.9 cm³/mol. The molecule has 0 unspecified atom stereocenters. The van der Waals surface area contributed by atoms with Crippen molar-refractivity contribution < 1.29 is 4.79 Å². The monoisotopic (exact) mass is 349 g/mol. The largest absolute Gasteiger partial charge is 0.338 e. The summed E-state index contributed by atoms with van der Waals surface area (Å²) in [6.07, 6.45) is 2.52. The molecule has 0 radical (unpaired) electrons. The normalized spacial score (nSPS) is 17.7. The average Bonchev–Trinajstić information content (AvgIpc) is 3.17. The van der Waals surface area contributed by atoms with E-state index in [1.807, 2.05) is 41.6 Å². The number of halogens is 1. The minimum Gasteiger partial charge on any atom is -0.338 e. The number of carbonyl (C=O) groups is 1. The fourth-order valence-electron chi connectivity index (χ4n) is 3.01. The molecule has 23 heavy (non-hydrogen) atoms. The molecule has 122 valence electrons. The zero-order valence-electron chi connectivity index (χ0n) is 13.1. The lowest BCUT2D eigenvalue weighted by atomic mass is 10.2. The molecule has 1 aliphatic heterocycles. The number of likely N-dealkylation sites (tertiary alicyclic amines) is 1. The van der Waals surface area contributed by atoms with Crippen molar-refractivity contribution in [3.05, 3.63) is 40.4 Å². The van der Waals surface area contributed by atoms with Gasteiger partial charge in [-0.3, -0.25) is 4.79 Å². The van der Waals surface area contributed by atoms with Crippen LogP contribution in [0.5, 0.6) is 0 Å². The molecule has 0 saturated carbocycles. The van der Waals surface area contributed by atoms with E-state index < -0.39 is 0 Å². The van der Waals surface area contributed by atoms with Gasteiger partial charge < -0.3 is 10.2 Å². The van der Waals surface area contributed by atoms with E-state index in [-0.39, 0.29) is 5.91 Å². The van der Waals surface area contributed by atoms with Crippen molar-refractivity contribution in [3.63, 3.8) is 0 Å². The number of amides is 1. The molecule has 1 aliphatic rings. The van der Waals surface area contributed by atoms with Gasteiger partial charge in [0, 0.05) is 30.1 Å². The van der Waals surface area contributed by atoms with Gasteiger partial charge in [0.2, 0.25) is 5.91 Å². The maximum absolute atomic E-state index is 12.5. The number of rotatable bonds is 5. The first kappa shape index (κ1) is 16.4. The van der Waals surface area contributed by atoms with Gasteiger partial charge in [0.1, 0.15) is 5.01 Å². The number of hydrogen-bond donors (Lipinski definition) is 1. The Morgan fingerprint density at radius 2 is 2.30 bits per heavy atom. The second kappa shape index (κ2) is 7.43. The molecule has 0 spiro atoms. The molecule has 1 fully saturated rings. The van der Waals surface area contributed by atoms with Crippen molar-refractivity contribution in [1.29, 1.82) is 0 Å². The Balaban J connectivity index is 1.69. The summed E-state index contributed by atoms with van der Waals surface area (Å²) < 4.78 is 0. The summed E-state index contributed by atoms with van der Waals surface area (Å²) in [5, 5.41) is 6.68. The highest BCUT2D eigenvalue weighted by Crippen LogP contribution is 2.30. The molecule has 6 heteroatoms. The fourth-order valence-corrected chi connectivity index (χ4v) is 4.15. The Labute approximate surface area is 145 Å². The van der Waals surface area contributed by atoms with E-state index in [1.54, 1.807) is 0 Å². The number of aromatic nitrogens is 1. The van der Waals surface area contributed by atoms with Crippen LogP contribution in [0.15, 0.2) is 29.6 Å². The highest BCUT2D eigenvalue weighted by molar-refractivity contribution is 7.13. The summed E-state index contributed by atoms with van der Waals surface area (Å²) in [7, 11) is 1.93. The number of nitrogens with one attached hydrogen (secondary N) is 1. The quantitative estimate of drug-likeness (QED) is 0.901. The first-order valence-electron chi connectivity index (χ1n) is 7.82. The van der Waals surface area contributed by atoms with E-state index in [1.165, 1.54) is 11.3 Å². The third kappa shape index (κ3) is 3.74. The third-order valence-electron chi connectivity index (χ3n) is 4.13. The van der Waals surface area contributed by atoms with Gasteiger partial charge in [0.25, 0.3) is 0 Å². The van der Waals surface area contributed by atoms with Crippen molar-refractivity contribution in [3.8, 4) is 10.6 Å². The lowest BCUT2D eigenvalue weighted by Crippen LogP contribution is -2.41. The first-order chi connectivity index (χ1) is 11.2. The Kier molecular flexibility index (Phi) is 5.30. The summed E-state index contributed by atoms with van der Waals surface area (Å²) in [6.45, 7) is 1.71. The summed E-state index contributed by atoms with van der Waals surface area (Å²) in [5.74, 6) is 0.166. The van der Waals surface area contributed by atoms with Gasteiger partial charge in [-0.15, -0.1) is 11.3 Å². The minimum absolute atomic E-state index is 0.166. The number of carbonyl (C=O) groups excluding carboxylic acids is 1. The summed E-state index contributed by atoms with van der Waals surface area (Å²) in [6, 6.07) is 7.97. The van der Waals surface area contributed by atoms with E-state index in [2.05, 4.69) is 10.3 Å². The maximum Gasteiger partial charge on any atom is 0.228 e. The molecule has 1 amide bonds. The maximum atomic E-state index is 12.5. The lowest BCUT2D eigenvalue weighted by molar-refractivity contribution is -0.131. The highest BCUT2D eigenvalue weighted by Gasteiger charge is 2.28. The molecule has 4 nitrogen and oxygen atoms in total. The molecule has 2 heterocycles. The topological polar surface area (TPSA) is 45.2 Å². The molecular formula is C17H20ClN3OS. The van der Waals surface area contributed by atoms with Crippen LogP contribution in [-0.4, -0.2) is 42.0 Å². The summed E-state index contributed by atoms with van der Waals surface area (Å²) in [4.78, 5) is 19.1. The molecular weight excluding hydrogens is 330 g/mol. The second-order valence-corrected chi connectivity index (χ2v) is 7.01. The van der Waals surface area contributed by atoms with E-state index in [9.17, 15) is 4.79 Å². The number of thiazole rings is 1. The van der Waals surface area contributed by atoms with Gasteiger partial charge in [0.15, 0.2) is 0 Å². The Morgan fingerprint density at radius 3 is 3.09 bits per heavy atom. The van der Waals surface area contributed by atoms with Gasteiger partial charge >= 0.3 is 0 Å². The number of benzene rings is 1. The van der Waals surface area contributed by atoms with Crippen LogP contribution in [0.2, 0.25) is 5.02 Å². The van der Waals surface area contributed by atoms with Crippen molar-refractivity contribution in [1.82, 2.24) is 15.2 Å². The third-order valence-corrected chi connectivity index (χ3v) is 5.38. The molecule has 0 aliphatic carbocycles. The van der Waals surface area contributed by atoms with Crippen LogP contribution >= 0.6 is 22.9 Å². The second-order valence-electron chi connectivity index (χ2n) is 5.74. The summed E-state index contributed by atoms with van der Waals surface area (Å²) in [5.41, 5.74) is 1.75. The van der Waals surface area contributed by atoms with Crippen molar-refractivity contribution in [2.24, 2.45) is 0 Å². The molecule has 2 aromatic rings. The van der Waals surface area contributed by atoms with Crippen LogP contribution in [0.3, 0.4) is 0 Å². The van der Waals surface area contributed by atoms with Gasteiger partial charge in [-0.05, 0) is 26.0 Å². The Hall–Kier alpha value is -1.43. The summed E-state index contributed by atoms with van der Waals surface area (Å²) >= 11 is 7.75. The first-order valence-corrected chi connectivity index (χ1v) is 9.08. The molecule has 1 aromatic heterocycles. The Morgan fingerprint density at radius 1 is 1.48 bits per heavy atom. The van der Waals surface area contributed by atoms with Crippen molar-refractivity contribution in [2.45, 2.75) is 25.3 Å². The van der Waals surface area contributed by atoms with Crippen LogP contribution in [0.4, 0.5) is 0 Å². The van der Waals surface area contributed by atoms with Gasteiger partial charge in [-0.1, -0.05) is 29.8 Å². The number of hydrogen-bond acceptors (Lipinski definition) is 4. The van der Waals surface area contributed by atoms with Gasteiger partial charge in [-0.2, -0.15) is 0 Å². The fraction of sp³-hybridized carbons (Fsp3) is 0.412. The van der Waals surface area contributed by atoms with Crippen LogP contribution in [0, 0.1) is 0 Å². The van der Waals surface area contributed by atoms with E-state index in [0.29, 0.717) is 17.5 Å². The smallest absolute Gasteiger partial charge is 0.228 e. The van der Waals surface area contributed by atoms with E-state index in [0.717, 1.165) is 42.2 Å². The highest BCUT2D eigenvalue weighted by atomic mass is 35.5. The predicted octanol–water partition coefficient (Wildman–Crippen LogP) is 3.22. The van der Waals surface area contributed by atoms with Crippen LogP contribution in [-0.2, 0) is 11.2 Å². The van der Waals surface area contributed by atoms with Crippen LogP contribution in [0.25, 0.3) is 10.6 Å². The zero-order chi connectivity index (χ0) is 16.2. The number of likely N-dealkylation sites (N-methyl/N-ethyl adjacent to an activating group) is 1. The molecule has 1 saturated heterocycles. The SMILES string of the molecule is CNC[C@@H]1CCCN1C(=O)Cc1csc(-c2ccccc2Cl)n1. The zero-order valence-corrected chi connectivity index (χ0v) is 14.7. The molecule has 1 N–H and O–H groups in total. The Bertz CT molecular complexity index is 688. The molecule has 1 atom stereocenters.